The molecular formula is C21H33N3O4S. The van der Waals surface area contributed by atoms with Gasteiger partial charge in [0.2, 0.25) is 15.9 Å². The highest BCUT2D eigenvalue weighted by atomic mass is 32.2. The first-order valence-corrected chi connectivity index (χ1v) is 12.1. The van der Waals surface area contributed by atoms with Crippen molar-refractivity contribution in [1.82, 2.24) is 14.9 Å². The number of nitrogens with one attached hydrogen (secondary N) is 2. The molecule has 0 aromatic heterocycles. The first-order valence-electron chi connectivity index (χ1n) is 10.6. The average molecular weight is 424 g/mol. The third kappa shape index (κ3) is 6.50. The lowest BCUT2D eigenvalue weighted by Gasteiger charge is -2.39. The van der Waals surface area contributed by atoms with Crippen molar-refractivity contribution in [2.75, 3.05) is 39.4 Å². The highest BCUT2D eigenvalue weighted by Crippen LogP contribution is 2.23. The maximum atomic E-state index is 12.5. The van der Waals surface area contributed by atoms with Crippen LogP contribution < -0.4 is 10.0 Å². The SMILES string of the molecule is Cc1ccc(S(=O)(=O)NCCCNC(=O)[C@@H]2CCCN(C3CCOCC3)C2)cc1. The summed E-state index contributed by atoms with van der Waals surface area (Å²) in [5, 5.41) is 2.98. The fourth-order valence-corrected chi connectivity index (χ4v) is 5.13. The number of carbonyl (C=O) groups excluding carboxylic acids is 1. The van der Waals surface area contributed by atoms with E-state index in [1.807, 2.05) is 6.92 Å². The van der Waals surface area contributed by atoms with Gasteiger partial charge in [-0.2, -0.15) is 0 Å². The lowest BCUT2D eigenvalue weighted by atomic mass is 9.94. The minimum Gasteiger partial charge on any atom is -0.381 e. The summed E-state index contributed by atoms with van der Waals surface area (Å²) in [5.74, 6) is 0.110. The van der Waals surface area contributed by atoms with Gasteiger partial charge in [-0.3, -0.25) is 9.69 Å². The zero-order chi connectivity index (χ0) is 20.7. The van der Waals surface area contributed by atoms with Crippen LogP contribution in [0.5, 0.6) is 0 Å². The maximum Gasteiger partial charge on any atom is 0.240 e. The Hall–Kier alpha value is -1.48. The van der Waals surface area contributed by atoms with Gasteiger partial charge in [-0.05, 0) is 57.7 Å². The third-order valence-corrected chi connectivity index (χ3v) is 7.28. The number of carbonyl (C=O) groups is 1. The molecule has 1 amide bonds. The molecule has 2 fully saturated rings. The summed E-state index contributed by atoms with van der Waals surface area (Å²) in [6.07, 6.45) is 4.63. The van der Waals surface area contributed by atoms with Crippen LogP contribution in [0.25, 0.3) is 0 Å². The number of likely N-dealkylation sites (tertiary alicyclic amines) is 1. The number of benzene rings is 1. The highest BCUT2D eigenvalue weighted by molar-refractivity contribution is 7.89. The van der Waals surface area contributed by atoms with E-state index in [-0.39, 0.29) is 16.7 Å². The third-order valence-electron chi connectivity index (χ3n) is 5.81. The molecule has 29 heavy (non-hydrogen) atoms. The van der Waals surface area contributed by atoms with Crippen molar-refractivity contribution >= 4 is 15.9 Å². The van der Waals surface area contributed by atoms with Gasteiger partial charge < -0.3 is 10.1 Å². The Balaban J connectivity index is 1.36. The maximum absolute atomic E-state index is 12.5. The molecule has 162 valence electrons. The predicted octanol–water partition coefficient (Wildman–Crippen LogP) is 1.67. The van der Waals surface area contributed by atoms with Crippen LogP contribution in [0, 0.1) is 12.8 Å². The number of hydrogen-bond donors (Lipinski definition) is 2. The fourth-order valence-electron chi connectivity index (χ4n) is 4.05. The second-order valence-corrected chi connectivity index (χ2v) is 9.80. The molecule has 1 aromatic carbocycles. The molecule has 0 radical (unpaired) electrons. The molecule has 0 aliphatic carbocycles. The molecule has 2 aliphatic heterocycles. The Morgan fingerprint density at radius 3 is 2.59 bits per heavy atom. The van der Waals surface area contributed by atoms with Gasteiger partial charge in [0.25, 0.3) is 0 Å². The Bertz CT molecular complexity index is 761. The minimum atomic E-state index is -3.50. The van der Waals surface area contributed by atoms with Gasteiger partial charge in [0.05, 0.1) is 10.8 Å². The summed E-state index contributed by atoms with van der Waals surface area (Å²) in [7, 11) is -3.50. The van der Waals surface area contributed by atoms with Gasteiger partial charge in [-0.25, -0.2) is 13.1 Å². The normalized spacial score (nSPS) is 21.8. The summed E-state index contributed by atoms with van der Waals surface area (Å²) in [4.78, 5) is 15.3. The van der Waals surface area contributed by atoms with Crippen LogP contribution >= 0.6 is 0 Å². The molecule has 0 spiro atoms. The molecule has 0 saturated carbocycles. The van der Waals surface area contributed by atoms with Crippen LogP contribution in [-0.4, -0.2) is 64.7 Å². The Morgan fingerprint density at radius 1 is 1.14 bits per heavy atom. The number of sulfonamides is 1. The van der Waals surface area contributed by atoms with Gasteiger partial charge >= 0.3 is 0 Å². The van der Waals surface area contributed by atoms with Crippen molar-refractivity contribution in [3.05, 3.63) is 29.8 Å². The Morgan fingerprint density at radius 2 is 1.86 bits per heavy atom. The second kappa shape index (κ2) is 10.5. The van der Waals surface area contributed by atoms with Crippen LogP contribution in [-0.2, 0) is 19.6 Å². The van der Waals surface area contributed by atoms with Crippen LogP contribution in [0.3, 0.4) is 0 Å². The van der Waals surface area contributed by atoms with E-state index in [0.717, 1.165) is 57.6 Å². The Kier molecular flexibility index (Phi) is 8.06. The van der Waals surface area contributed by atoms with E-state index >= 15 is 0 Å². The standard InChI is InChI=1S/C21H33N3O4S/c1-17-5-7-20(8-6-17)29(26,27)23-12-3-11-22-21(25)18-4-2-13-24(16-18)19-9-14-28-15-10-19/h5-8,18-19,23H,2-4,9-16H2,1H3,(H,22,25)/t18-/m1/s1. The van der Waals surface area contributed by atoms with Crippen LogP contribution in [0.1, 0.15) is 37.7 Å². The van der Waals surface area contributed by atoms with E-state index < -0.39 is 10.0 Å². The number of nitrogens with zero attached hydrogens (tertiary/aromatic N) is 1. The lowest BCUT2D eigenvalue weighted by molar-refractivity contribution is -0.127. The number of amides is 1. The van der Waals surface area contributed by atoms with Gasteiger partial charge in [0.1, 0.15) is 0 Å². The van der Waals surface area contributed by atoms with Gasteiger partial charge in [0.15, 0.2) is 0 Å². The summed E-state index contributed by atoms with van der Waals surface area (Å²) < 4.78 is 32.6. The number of aryl methyl sites for hydroxylation is 1. The molecule has 1 atom stereocenters. The molecule has 3 rings (SSSR count). The molecule has 7 nitrogen and oxygen atoms in total. The highest BCUT2D eigenvalue weighted by Gasteiger charge is 2.30. The van der Waals surface area contributed by atoms with E-state index in [2.05, 4.69) is 14.9 Å². The van der Waals surface area contributed by atoms with Crippen molar-refractivity contribution in [1.29, 1.82) is 0 Å². The van der Waals surface area contributed by atoms with E-state index in [4.69, 9.17) is 4.74 Å². The summed E-state index contributed by atoms with van der Waals surface area (Å²) >= 11 is 0. The van der Waals surface area contributed by atoms with E-state index in [1.165, 1.54) is 0 Å². The predicted molar refractivity (Wildman–Crippen MR) is 112 cm³/mol. The second-order valence-electron chi connectivity index (χ2n) is 8.03. The summed E-state index contributed by atoms with van der Waals surface area (Å²) in [6, 6.07) is 7.31. The molecule has 2 saturated heterocycles. The molecular weight excluding hydrogens is 390 g/mol. The largest absolute Gasteiger partial charge is 0.381 e. The van der Waals surface area contributed by atoms with Crippen molar-refractivity contribution in [2.24, 2.45) is 5.92 Å². The van der Waals surface area contributed by atoms with E-state index in [9.17, 15) is 13.2 Å². The summed E-state index contributed by atoms with van der Waals surface area (Å²) in [6.45, 7) is 6.21. The number of ether oxygens (including phenoxy) is 1. The van der Waals surface area contributed by atoms with Crippen LogP contribution in [0.2, 0.25) is 0 Å². The Labute approximate surface area is 174 Å². The van der Waals surface area contributed by atoms with Crippen molar-refractivity contribution in [3.63, 3.8) is 0 Å². The fraction of sp³-hybridized carbons (Fsp3) is 0.667. The smallest absolute Gasteiger partial charge is 0.240 e. The molecule has 2 heterocycles. The van der Waals surface area contributed by atoms with Gasteiger partial charge in [-0.15, -0.1) is 0 Å². The van der Waals surface area contributed by atoms with Crippen LogP contribution in [0.4, 0.5) is 0 Å². The topological polar surface area (TPSA) is 87.7 Å². The zero-order valence-electron chi connectivity index (χ0n) is 17.2. The van der Waals surface area contributed by atoms with E-state index in [0.29, 0.717) is 25.6 Å². The summed E-state index contributed by atoms with van der Waals surface area (Å²) in [5.41, 5.74) is 1.02. The molecule has 0 unspecified atom stereocenters. The molecule has 0 bridgehead atoms. The molecule has 1 aromatic rings. The monoisotopic (exact) mass is 423 g/mol. The number of hydrogen-bond acceptors (Lipinski definition) is 5. The lowest BCUT2D eigenvalue weighted by Crippen LogP contribution is -2.48. The van der Waals surface area contributed by atoms with Crippen molar-refractivity contribution in [2.45, 2.75) is 50.0 Å². The number of rotatable bonds is 8. The average Bonchev–Trinajstić information content (AvgIpc) is 2.74. The van der Waals surface area contributed by atoms with Gasteiger partial charge in [0, 0.05) is 38.9 Å². The van der Waals surface area contributed by atoms with Crippen molar-refractivity contribution in [3.8, 4) is 0 Å². The first-order chi connectivity index (χ1) is 14.0. The van der Waals surface area contributed by atoms with Gasteiger partial charge in [-0.1, -0.05) is 17.7 Å². The first kappa shape index (κ1) is 22.2. The molecule has 2 N–H and O–H groups in total. The molecule has 2 aliphatic rings. The van der Waals surface area contributed by atoms with Crippen molar-refractivity contribution < 1.29 is 17.9 Å². The van der Waals surface area contributed by atoms with E-state index in [1.54, 1.807) is 24.3 Å². The van der Waals surface area contributed by atoms with Crippen LogP contribution in [0.15, 0.2) is 29.2 Å². The number of piperidine rings is 1. The molecule has 8 heteroatoms. The zero-order valence-corrected chi connectivity index (χ0v) is 18.0. The minimum absolute atomic E-state index is 0.0239. The quantitative estimate of drug-likeness (QED) is 0.621.